The highest BCUT2D eigenvalue weighted by Crippen LogP contribution is 2.38. The van der Waals surface area contributed by atoms with Gasteiger partial charge in [0.05, 0.1) is 26.5 Å². The summed E-state index contributed by atoms with van der Waals surface area (Å²) in [4.78, 5) is 0.0282. The second-order valence-electron chi connectivity index (χ2n) is 13.4. The van der Waals surface area contributed by atoms with E-state index in [4.69, 9.17) is 9.31 Å². The Bertz CT molecular complexity index is 2580. The summed E-state index contributed by atoms with van der Waals surface area (Å²) in [6.45, 7) is 11.0. The summed E-state index contributed by atoms with van der Waals surface area (Å²) in [6.07, 6.45) is 2.48. The highest BCUT2D eigenvalue weighted by atomic mass is 79.9. The molecule has 2 aromatic heterocycles. The van der Waals surface area contributed by atoms with Gasteiger partial charge in [0.1, 0.15) is 17.2 Å². The molecular weight excluding hydrogens is 810 g/mol. The molecule has 3 heterocycles. The van der Waals surface area contributed by atoms with Crippen molar-refractivity contribution in [1.29, 1.82) is 0 Å². The van der Waals surface area contributed by atoms with Gasteiger partial charge in [-0.1, -0.05) is 42.8 Å². The molecule has 0 bridgehead atoms. The molecule has 283 valence electrons. The van der Waals surface area contributed by atoms with E-state index in [0.29, 0.717) is 16.6 Å². The van der Waals surface area contributed by atoms with Gasteiger partial charge in [-0.05, 0) is 93.9 Å². The van der Waals surface area contributed by atoms with Gasteiger partial charge in [0.25, 0.3) is 20.0 Å². The topological polar surface area (TPSA) is 96.6 Å². The largest absolute Gasteiger partial charge is 0.497 e. The van der Waals surface area contributed by atoms with Crippen LogP contribution in [0.25, 0.3) is 21.8 Å². The SMILES string of the molecule is C.Cc1ccc(S(=O)(=O)n2cc(B3OC(C)(C)C(C)(C)O3)c3cc(F)cc(F)c32)cc1.Cc1ccc(S(=O)(=O)n2cc(Br)c3cc(F)cc(F)c32)cc1.[B]. The molecule has 0 N–H and O–H groups in total. The number of halogens is 5. The molecule has 54 heavy (non-hydrogen) atoms. The summed E-state index contributed by atoms with van der Waals surface area (Å²) in [6, 6.07) is 15.9. The fourth-order valence-corrected chi connectivity index (χ4v) is 9.07. The molecule has 0 aliphatic carbocycles. The summed E-state index contributed by atoms with van der Waals surface area (Å²) >= 11 is 3.14. The van der Waals surface area contributed by atoms with E-state index >= 15 is 0 Å². The van der Waals surface area contributed by atoms with Crippen molar-refractivity contribution in [2.45, 2.75) is 70.0 Å². The minimum atomic E-state index is -4.14. The van der Waals surface area contributed by atoms with E-state index in [2.05, 4.69) is 15.9 Å². The number of benzene rings is 4. The van der Waals surface area contributed by atoms with E-state index in [-0.39, 0.29) is 52.9 Å². The number of fused-ring (bicyclic) bond motifs is 2. The van der Waals surface area contributed by atoms with Crippen LogP contribution in [0, 0.1) is 37.1 Å². The number of nitrogens with zero attached hydrogens (tertiary/aromatic N) is 2. The predicted molar refractivity (Wildman–Crippen MR) is 207 cm³/mol. The number of aromatic nitrogens is 2. The number of rotatable bonds is 5. The highest BCUT2D eigenvalue weighted by molar-refractivity contribution is 9.10. The third-order valence-electron chi connectivity index (χ3n) is 9.22. The lowest BCUT2D eigenvalue weighted by Gasteiger charge is -2.32. The van der Waals surface area contributed by atoms with Gasteiger partial charge in [0.15, 0.2) is 11.6 Å². The number of aryl methyl sites for hydroxylation is 2. The van der Waals surface area contributed by atoms with E-state index in [1.165, 1.54) is 36.7 Å². The second-order valence-corrected chi connectivity index (χ2v) is 17.9. The maximum atomic E-state index is 14.8. The molecule has 1 aliphatic rings. The molecule has 1 fully saturated rings. The maximum absolute atomic E-state index is 14.8. The average molecular weight is 846 g/mol. The lowest BCUT2D eigenvalue weighted by atomic mass is 9.79. The summed E-state index contributed by atoms with van der Waals surface area (Å²) in [5.41, 5.74) is 0.207. The van der Waals surface area contributed by atoms with Crippen LogP contribution in [0.5, 0.6) is 0 Å². The summed E-state index contributed by atoms with van der Waals surface area (Å²) in [7, 11) is -9.09. The Kier molecular flexibility index (Phi) is 11.9. The zero-order valence-electron chi connectivity index (χ0n) is 29.3. The first-order valence-corrected chi connectivity index (χ1v) is 19.5. The van der Waals surface area contributed by atoms with Gasteiger partial charge >= 0.3 is 7.12 Å². The fraction of sp³-hybridized carbons (Fsp3) is 0.243. The highest BCUT2D eigenvalue weighted by Gasteiger charge is 2.52. The van der Waals surface area contributed by atoms with Crippen LogP contribution in [0.15, 0.2) is 99.5 Å². The van der Waals surface area contributed by atoms with Crippen LogP contribution < -0.4 is 5.46 Å². The van der Waals surface area contributed by atoms with Crippen LogP contribution in [0.1, 0.15) is 46.2 Å². The first-order chi connectivity index (χ1) is 24.1. The van der Waals surface area contributed by atoms with Crippen LogP contribution in [-0.4, -0.2) is 51.5 Å². The van der Waals surface area contributed by atoms with E-state index in [9.17, 15) is 34.4 Å². The van der Waals surface area contributed by atoms with Crippen molar-refractivity contribution in [2.24, 2.45) is 0 Å². The minimum Gasteiger partial charge on any atom is -0.399 e. The van der Waals surface area contributed by atoms with E-state index in [1.807, 2.05) is 41.5 Å². The van der Waals surface area contributed by atoms with Gasteiger partial charge in [-0.3, -0.25) is 0 Å². The van der Waals surface area contributed by atoms with Crippen LogP contribution >= 0.6 is 15.9 Å². The van der Waals surface area contributed by atoms with Crippen LogP contribution in [0.3, 0.4) is 0 Å². The predicted octanol–water partition coefficient (Wildman–Crippen LogP) is 8.25. The van der Waals surface area contributed by atoms with Crippen molar-refractivity contribution in [3.63, 3.8) is 0 Å². The summed E-state index contributed by atoms with van der Waals surface area (Å²) < 4.78 is 122. The molecule has 4 aromatic carbocycles. The maximum Gasteiger partial charge on any atom is 0.497 e. The molecule has 0 atom stereocenters. The van der Waals surface area contributed by atoms with Crippen LogP contribution in [0.4, 0.5) is 17.6 Å². The molecular formula is C37H36B2BrF4N2O6S2. The molecule has 1 aliphatic heterocycles. The van der Waals surface area contributed by atoms with Crippen molar-refractivity contribution >= 4 is 78.8 Å². The van der Waals surface area contributed by atoms with Gasteiger partial charge in [0, 0.05) is 53.6 Å². The van der Waals surface area contributed by atoms with E-state index in [0.717, 1.165) is 31.2 Å². The van der Waals surface area contributed by atoms with Crippen LogP contribution in [-0.2, 0) is 29.4 Å². The molecule has 8 nitrogen and oxygen atoms in total. The summed E-state index contributed by atoms with van der Waals surface area (Å²) in [5.74, 6) is -3.50. The normalized spacial score (nSPS) is 15.1. The monoisotopic (exact) mass is 845 g/mol. The van der Waals surface area contributed by atoms with Gasteiger partial charge in [0.2, 0.25) is 0 Å². The molecule has 0 amide bonds. The molecule has 0 unspecified atom stereocenters. The molecule has 0 saturated carbocycles. The molecule has 1 saturated heterocycles. The third-order valence-corrected chi connectivity index (χ3v) is 13.2. The minimum absolute atomic E-state index is 0. The quantitative estimate of drug-likeness (QED) is 0.128. The van der Waals surface area contributed by atoms with Crippen molar-refractivity contribution in [3.05, 3.63) is 124 Å². The number of hydrogen-bond donors (Lipinski definition) is 0. The Morgan fingerprint density at radius 1 is 0.630 bits per heavy atom. The zero-order chi connectivity index (χ0) is 38.1. The third kappa shape index (κ3) is 7.53. The molecule has 6 aromatic rings. The second kappa shape index (κ2) is 15.0. The Balaban J connectivity index is 0.000000242. The van der Waals surface area contributed by atoms with Crippen molar-refractivity contribution in [1.82, 2.24) is 7.94 Å². The van der Waals surface area contributed by atoms with Crippen LogP contribution in [0.2, 0.25) is 0 Å². The van der Waals surface area contributed by atoms with Gasteiger partial charge in [-0.25, -0.2) is 42.3 Å². The Labute approximate surface area is 323 Å². The standard InChI is InChI=1S/C21H22BF2NO4S.C15H10BrF2NO2S.CH4.B/c1-13-6-8-15(9-7-13)30(26,27)25-12-17(16-10-14(23)11-18(24)19(16)25)22-28-20(2,3)21(4,5)29-22;1-9-2-4-11(5-3-9)22(20,21)19-8-13(16)12-6-10(17)7-14(18)15(12)19;;/h6-12H,1-5H3;2-8H,1H3;1H4;. The van der Waals surface area contributed by atoms with Crippen molar-refractivity contribution in [2.75, 3.05) is 0 Å². The first kappa shape index (κ1) is 42.8. The lowest BCUT2D eigenvalue weighted by Crippen LogP contribution is -2.41. The fourth-order valence-electron chi connectivity index (χ4n) is 5.66. The Hall–Kier alpha value is -3.89. The van der Waals surface area contributed by atoms with E-state index in [1.54, 1.807) is 24.3 Å². The lowest BCUT2D eigenvalue weighted by molar-refractivity contribution is 0.00578. The molecule has 0 spiro atoms. The first-order valence-electron chi connectivity index (χ1n) is 15.8. The van der Waals surface area contributed by atoms with E-state index < -0.39 is 61.6 Å². The Morgan fingerprint density at radius 3 is 1.43 bits per heavy atom. The Morgan fingerprint density at radius 2 is 1.00 bits per heavy atom. The van der Waals surface area contributed by atoms with Crippen molar-refractivity contribution < 1.29 is 43.7 Å². The molecule has 17 heteroatoms. The number of hydrogen-bond acceptors (Lipinski definition) is 6. The zero-order valence-corrected chi connectivity index (χ0v) is 32.5. The van der Waals surface area contributed by atoms with Gasteiger partial charge in [-0.2, -0.15) is 0 Å². The average Bonchev–Trinajstić information content (AvgIpc) is 3.67. The smallest absolute Gasteiger partial charge is 0.399 e. The molecule has 3 radical (unpaired) electrons. The van der Waals surface area contributed by atoms with Gasteiger partial charge < -0.3 is 9.31 Å². The summed E-state index contributed by atoms with van der Waals surface area (Å²) in [5, 5.41) is 0.245. The van der Waals surface area contributed by atoms with Crippen molar-refractivity contribution in [3.8, 4) is 0 Å². The van der Waals surface area contributed by atoms with Gasteiger partial charge in [-0.15, -0.1) is 0 Å². The molecule has 7 rings (SSSR count).